The SMILES string of the molecule is NC(CCS)c1cccc(F)c1. The minimum atomic E-state index is -0.234. The van der Waals surface area contributed by atoms with Gasteiger partial charge in [-0.1, -0.05) is 12.1 Å². The highest BCUT2D eigenvalue weighted by Crippen LogP contribution is 2.14. The average Bonchev–Trinajstić information content (AvgIpc) is 2.05. The van der Waals surface area contributed by atoms with Gasteiger partial charge in [0.15, 0.2) is 0 Å². The van der Waals surface area contributed by atoms with E-state index in [0.717, 1.165) is 17.7 Å². The molecule has 0 saturated carbocycles. The fourth-order valence-corrected chi connectivity index (χ4v) is 1.32. The number of hydrogen-bond donors (Lipinski definition) is 2. The van der Waals surface area contributed by atoms with Crippen molar-refractivity contribution in [3.05, 3.63) is 35.6 Å². The lowest BCUT2D eigenvalue weighted by Crippen LogP contribution is -2.10. The van der Waals surface area contributed by atoms with Crippen LogP contribution in [0, 0.1) is 5.82 Å². The van der Waals surface area contributed by atoms with E-state index in [1.807, 2.05) is 6.07 Å². The summed E-state index contributed by atoms with van der Waals surface area (Å²) >= 11 is 4.06. The maximum atomic E-state index is 12.7. The van der Waals surface area contributed by atoms with Crippen LogP contribution in [0.2, 0.25) is 0 Å². The van der Waals surface area contributed by atoms with Crippen molar-refractivity contribution in [3.63, 3.8) is 0 Å². The summed E-state index contributed by atoms with van der Waals surface area (Å²) in [7, 11) is 0. The molecular formula is C9H12FNS. The fraction of sp³-hybridized carbons (Fsp3) is 0.333. The number of rotatable bonds is 3. The number of hydrogen-bond acceptors (Lipinski definition) is 2. The standard InChI is InChI=1S/C9H12FNS/c10-8-3-1-2-7(6-8)9(11)4-5-12/h1-3,6,9,12H,4-5,11H2. The predicted octanol–water partition coefficient (Wildman–Crippen LogP) is 2.15. The number of nitrogens with two attached hydrogens (primary N) is 1. The Hall–Kier alpha value is -0.540. The lowest BCUT2D eigenvalue weighted by atomic mass is 10.1. The van der Waals surface area contributed by atoms with Crippen LogP contribution in [0.3, 0.4) is 0 Å². The maximum Gasteiger partial charge on any atom is 0.123 e. The van der Waals surface area contributed by atoms with Gasteiger partial charge in [0.2, 0.25) is 0 Å². The smallest absolute Gasteiger partial charge is 0.123 e. The molecule has 3 heteroatoms. The van der Waals surface area contributed by atoms with Gasteiger partial charge in [-0.15, -0.1) is 0 Å². The summed E-state index contributed by atoms with van der Waals surface area (Å²) in [6.07, 6.45) is 0.770. The summed E-state index contributed by atoms with van der Waals surface area (Å²) in [6.45, 7) is 0. The largest absolute Gasteiger partial charge is 0.324 e. The van der Waals surface area contributed by atoms with Crippen LogP contribution in [0.15, 0.2) is 24.3 Å². The first kappa shape index (κ1) is 9.55. The Balaban J connectivity index is 2.73. The molecule has 1 aromatic rings. The number of benzene rings is 1. The second-order valence-electron chi connectivity index (χ2n) is 2.67. The van der Waals surface area contributed by atoms with Gasteiger partial charge in [-0.2, -0.15) is 12.6 Å². The normalized spacial score (nSPS) is 12.9. The van der Waals surface area contributed by atoms with Crippen molar-refractivity contribution in [1.82, 2.24) is 0 Å². The summed E-state index contributed by atoms with van der Waals surface area (Å²) in [5, 5.41) is 0. The molecule has 0 fully saturated rings. The van der Waals surface area contributed by atoms with E-state index in [0.29, 0.717) is 0 Å². The van der Waals surface area contributed by atoms with Gasteiger partial charge >= 0.3 is 0 Å². The minimum Gasteiger partial charge on any atom is -0.324 e. The molecule has 1 nitrogen and oxygen atoms in total. The lowest BCUT2D eigenvalue weighted by molar-refractivity contribution is 0.617. The molecule has 0 aromatic heterocycles. The molecule has 1 unspecified atom stereocenters. The molecule has 66 valence electrons. The number of thiol groups is 1. The van der Waals surface area contributed by atoms with Crippen LogP contribution in [-0.4, -0.2) is 5.75 Å². The second kappa shape index (κ2) is 4.48. The molecule has 0 bridgehead atoms. The van der Waals surface area contributed by atoms with Crippen molar-refractivity contribution >= 4 is 12.6 Å². The Morgan fingerprint density at radius 3 is 2.83 bits per heavy atom. The quantitative estimate of drug-likeness (QED) is 0.693. The third-order valence-electron chi connectivity index (χ3n) is 1.72. The highest BCUT2D eigenvalue weighted by molar-refractivity contribution is 7.80. The third kappa shape index (κ3) is 2.50. The molecule has 0 aliphatic carbocycles. The van der Waals surface area contributed by atoms with Gasteiger partial charge in [-0.3, -0.25) is 0 Å². The van der Waals surface area contributed by atoms with E-state index in [4.69, 9.17) is 5.73 Å². The van der Waals surface area contributed by atoms with Crippen molar-refractivity contribution < 1.29 is 4.39 Å². The molecule has 0 aliphatic heterocycles. The van der Waals surface area contributed by atoms with Crippen LogP contribution in [0.1, 0.15) is 18.0 Å². The van der Waals surface area contributed by atoms with Gasteiger partial charge in [-0.25, -0.2) is 4.39 Å². The zero-order valence-corrected chi connectivity index (χ0v) is 7.60. The second-order valence-corrected chi connectivity index (χ2v) is 3.12. The van der Waals surface area contributed by atoms with E-state index in [-0.39, 0.29) is 11.9 Å². The highest BCUT2D eigenvalue weighted by atomic mass is 32.1. The van der Waals surface area contributed by atoms with E-state index in [1.54, 1.807) is 6.07 Å². The predicted molar refractivity (Wildman–Crippen MR) is 51.8 cm³/mol. The Morgan fingerprint density at radius 1 is 1.50 bits per heavy atom. The zero-order chi connectivity index (χ0) is 8.97. The summed E-state index contributed by atoms with van der Waals surface area (Å²) in [4.78, 5) is 0. The summed E-state index contributed by atoms with van der Waals surface area (Å²) in [6, 6.07) is 6.28. The van der Waals surface area contributed by atoms with E-state index in [9.17, 15) is 4.39 Å². The van der Waals surface area contributed by atoms with Crippen molar-refractivity contribution in [2.45, 2.75) is 12.5 Å². The molecule has 0 radical (unpaired) electrons. The van der Waals surface area contributed by atoms with Gasteiger partial charge in [0.1, 0.15) is 5.82 Å². The molecule has 2 N–H and O–H groups in total. The molecule has 0 aliphatic rings. The zero-order valence-electron chi connectivity index (χ0n) is 6.70. The summed E-state index contributed by atoms with van der Waals surface area (Å²) in [5.41, 5.74) is 6.60. The monoisotopic (exact) mass is 185 g/mol. The molecule has 0 saturated heterocycles. The van der Waals surface area contributed by atoms with Crippen LogP contribution < -0.4 is 5.73 Å². The van der Waals surface area contributed by atoms with Crippen LogP contribution in [-0.2, 0) is 0 Å². The van der Waals surface area contributed by atoms with E-state index in [2.05, 4.69) is 12.6 Å². The Kier molecular flexibility index (Phi) is 3.56. The van der Waals surface area contributed by atoms with Crippen molar-refractivity contribution in [3.8, 4) is 0 Å². The van der Waals surface area contributed by atoms with Gasteiger partial charge in [0.25, 0.3) is 0 Å². The Bertz CT molecular complexity index is 252. The Morgan fingerprint density at radius 2 is 2.25 bits per heavy atom. The first-order valence-electron chi connectivity index (χ1n) is 3.86. The van der Waals surface area contributed by atoms with Crippen LogP contribution in [0.25, 0.3) is 0 Å². The lowest BCUT2D eigenvalue weighted by Gasteiger charge is -2.09. The van der Waals surface area contributed by atoms with E-state index < -0.39 is 0 Å². The van der Waals surface area contributed by atoms with Crippen LogP contribution >= 0.6 is 12.6 Å². The van der Waals surface area contributed by atoms with E-state index >= 15 is 0 Å². The maximum absolute atomic E-state index is 12.7. The van der Waals surface area contributed by atoms with Crippen LogP contribution in [0.5, 0.6) is 0 Å². The Labute approximate surface area is 77.2 Å². The van der Waals surface area contributed by atoms with Gasteiger partial charge < -0.3 is 5.73 Å². The number of halogens is 1. The van der Waals surface area contributed by atoms with Gasteiger partial charge in [0.05, 0.1) is 0 Å². The topological polar surface area (TPSA) is 26.0 Å². The van der Waals surface area contributed by atoms with Crippen molar-refractivity contribution in [1.29, 1.82) is 0 Å². The molecule has 1 aromatic carbocycles. The molecular weight excluding hydrogens is 173 g/mol. The summed E-state index contributed by atoms with van der Waals surface area (Å²) < 4.78 is 12.7. The highest BCUT2D eigenvalue weighted by Gasteiger charge is 2.04. The first-order valence-corrected chi connectivity index (χ1v) is 4.49. The fourth-order valence-electron chi connectivity index (χ4n) is 1.04. The van der Waals surface area contributed by atoms with Gasteiger partial charge in [0, 0.05) is 6.04 Å². The van der Waals surface area contributed by atoms with E-state index in [1.165, 1.54) is 12.1 Å². The van der Waals surface area contributed by atoms with Gasteiger partial charge in [-0.05, 0) is 29.9 Å². The van der Waals surface area contributed by atoms with Crippen molar-refractivity contribution in [2.24, 2.45) is 5.73 Å². The first-order chi connectivity index (χ1) is 5.74. The summed E-state index contributed by atoms with van der Waals surface area (Å²) in [5.74, 6) is 0.486. The van der Waals surface area contributed by atoms with Crippen molar-refractivity contribution in [2.75, 3.05) is 5.75 Å². The molecule has 0 spiro atoms. The molecule has 1 atom stereocenters. The molecule has 1 rings (SSSR count). The minimum absolute atomic E-state index is 0.0989. The van der Waals surface area contributed by atoms with Crippen LogP contribution in [0.4, 0.5) is 4.39 Å². The molecule has 0 amide bonds. The third-order valence-corrected chi connectivity index (χ3v) is 1.98. The average molecular weight is 185 g/mol. The molecule has 0 heterocycles. The molecule has 12 heavy (non-hydrogen) atoms.